The third-order valence-corrected chi connectivity index (χ3v) is 5.45. The summed E-state index contributed by atoms with van der Waals surface area (Å²) < 4.78 is 50.1. The molecule has 0 radical (unpaired) electrons. The first kappa shape index (κ1) is 17.9. The first-order chi connectivity index (χ1) is 9.58. The van der Waals surface area contributed by atoms with Crippen molar-refractivity contribution in [3.8, 4) is 0 Å². The Hall–Kier alpha value is -1.16. The Kier molecular flexibility index (Phi) is 5.74. The van der Waals surface area contributed by atoms with Gasteiger partial charge in [0, 0.05) is 12.8 Å². The van der Waals surface area contributed by atoms with Gasteiger partial charge >= 0.3 is 0 Å². The lowest BCUT2D eigenvalue weighted by Crippen LogP contribution is -2.27. The first-order valence-corrected chi connectivity index (χ1v) is 9.76. The third kappa shape index (κ3) is 4.95. The first-order valence-electron chi connectivity index (χ1n) is 6.38. The van der Waals surface area contributed by atoms with Crippen LogP contribution in [0, 0.1) is 5.92 Å². The number of hydrogen-bond acceptors (Lipinski definition) is 6. The number of nitrogens with one attached hydrogen (secondary N) is 2. The summed E-state index contributed by atoms with van der Waals surface area (Å²) in [6.07, 6.45) is 1.69. The van der Waals surface area contributed by atoms with Crippen molar-refractivity contribution in [1.82, 2.24) is 4.72 Å². The minimum atomic E-state index is -3.84. The van der Waals surface area contributed by atoms with Gasteiger partial charge in [0.05, 0.1) is 10.6 Å². The molecule has 1 rings (SSSR count). The fourth-order valence-corrected chi connectivity index (χ4v) is 3.60. The number of anilines is 1. The molecule has 0 fully saturated rings. The molecule has 9 heteroatoms. The highest BCUT2D eigenvalue weighted by molar-refractivity contribution is 7.91. The second kappa shape index (κ2) is 6.73. The molecular weight excluding hydrogens is 314 g/mol. The molecule has 0 atom stereocenters. The Bertz CT molecular complexity index is 697. The molecule has 0 amide bonds. The number of sulfone groups is 1. The van der Waals surface area contributed by atoms with Crippen LogP contribution in [0.1, 0.15) is 20.3 Å². The molecule has 0 aliphatic heterocycles. The van der Waals surface area contributed by atoms with E-state index in [2.05, 4.69) is 10.1 Å². The average molecular weight is 335 g/mol. The standard InChI is InChI=1S/C12H21N3O4S2/c1-9(2)6-7-14-21(18,19)12-8-10(20(3,16)17)4-5-11(12)15-13/h4-5,8-9,14-15H,6-7,13H2,1-3H3. The van der Waals surface area contributed by atoms with Gasteiger partial charge in [0.1, 0.15) is 4.90 Å². The lowest BCUT2D eigenvalue weighted by molar-refractivity contribution is 0.551. The SMILES string of the molecule is CC(C)CCNS(=O)(=O)c1cc(S(C)(=O)=O)ccc1NN. The van der Waals surface area contributed by atoms with Gasteiger partial charge in [-0.05, 0) is 30.5 Å². The summed E-state index contributed by atoms with van der Waals surface area (Å²) in [4.78, 5) is -0.262. The van der Waals surface area contributed by atoms with Gasteiger partial charge in [-0.15, -0.1) is 0 Å². The lowest BCUT2D eigenvalue weighted by atomic mass is 10.1. The molecule has 120 valence electrons. The van der Waals surface area contributed by atoms with Gasteiger partial charge in [-0.1, -0.05) is 13.8 Å². The fraction of sp³-hybridized carbons (Fsp3) is 0.500. The highest BCUT2D eigenvalue weighted by Gasteiger charge is 2.21. The zero-order chi connectivity index (χ0) is 16.3. The van der Waals surface area contributed by atoms with Crippen LogP contribution in [-0.4, -0.2) is 29.6 Å². The van der Waals surface area contributed by atoms with Crippen molar-refractivity contribution in [2.45, 2.75) is 30.1 Å². The van der Waals surface area contributed by atoms with E-state index < -0.39 is 19.9 Å². The number of nitrogens with two attached hydrogens (primary N) is 1. The summed E-state index contributed by atoms with van der Waals surface area (Å²) in [6.45, 7) is 4.23. The van der Waals surface area contributed by atoms with Crippen molar-refractivity contribution in [2.75, 3.05) is 18.2 Å². The van der Waals surface area contributed by atoms with Crippen LogP contribution >= 0.6 is 0 Å². The topological polar surface area (TPSA) is 118 Å². The molecule has 0 bridgehead atoms. The number of hydrogen-bond donors (Lipinski definition) is 3. The smallest absolute Gasteiger partial charge is 0.242 e. The van der Waals surface area contributed by atoms with Crippen molar-refractivity contribution >= 4 is 25.5 Å². The molecule has 0 unspecified atom stereocenters. The molecule has 0 spiro atoms. The summed E-state index contributed by atoms with van der Waals surface area (Å²) in [6, 6.07) is 3.73. The maximum atomic E-state index is 12.3. The summed E-state index contributed by atoms with van der Waals surface area (Å²) in [5, 5.41) is 0. The summed E-state index contributed by atoms with van der Waals surface area (Å²) in [5.41, 5.74) is 2.40. The van der Waals surface area contributed by atoms with Crippen molar-refractivity contribution < 1.29 is 16.8 Å². The van der Waals surface area contributed by atoms with Crippen molar-refractivity contribution in [1.29, 1.82) is 0 Å². The van der Waals surface area contributed by atoms with Gasteiger partial charge in [-0.2, -0.15) is 0 Å². The van der Waals surface area contributed by atoms with E-state index in [1.165, 1.54) is 12.1 Å². The van der Waals surface area contributed by atoms with Crippen LogP contribution in [0.15, 0.2) is 28.0 Å². The highest BCUT2D eigenvalue weighted by atomic mass is 32.2. The van der Waals surface area contributed by atoms with E-state index in [0.29, 0.717) is 12.3 Å². The van der Waals surface area contributed by atoms with E-state index in [-0.39, 0.29) is 22.0 Å². The van der Waals surface area contributed by atoms with Crippen LogP contribution in [0.25, 0.3) is 0 Å². The molecule has 0 aliphatic rings. The molecule has 7 nitrogen and oxygen atoms in total. The Morgan fingerprint density at radius 3 is 2.29 bits per heavy atom. The Morgan fingerprint density at radius 1 is 1.19 bits per heavy atom. The minimum Gasteiger partial charge on any atom is -0.323 e. The maximum absolute atomic E-state index is 12.3. The molecule has 1 aromatic rings. The molecule has 0 aromatic heterocycles. The fourth-order valence-electron chi connectivity index (χ4n) is 1.63. The van der Waals surface area contributed by atoms with E-state index in [1.54, 1.807) is 0 Å². The van der Waals surface area contributed by atoms with E-state index in [0.717, 1.165) is 12.3 Å². The largest absolute Gasteiger partial charge is 0.323 e. The minimum absolute atomic E-state index is 0.0780. The van der Waals surface area contributed by atoms with Gasteiger partial charge in [0.2, 0.25) is 10.0 Å². The molecule has 1 aromatic carbocycles. The molecule has 0 saturated carbocycles. The van der Waals surface area contributed by atoms with Crippen LogP contribution in [-0.2, 0) is 19.9 Å². The van der Waals surface area contributed by atoms with E-state index in [9.17, 15) is 16.8 Å². The van der Waals surface area contributed by atoms with Gasteiger partial charge in [-0.3, -0.25) is 5.84 Å². The van der Waals surface area contributed by atoms with Crippen LogP contribution in [0.3, 0.4) is 0 Å². The second-order valence-electron chi connectivity index (χ2n) is 5.15. The molecular formula is C12H21N3O4S2. The Morgan fingerprint density at radius 2 is 1.81 bits per heavy atom. The lowest BCUT2D eigenvalue weighted by Gasteiger charge is -2.13. The maximum Gasteiger partial charge on any atom is 0.242 e. The molecule has 4 N–H and O–H groups in total. The zero-order valence-corrected chi connectivity index (χ0v) is 13.9. The van der Waals surface area contributed by atoms with Crippen molar-refractivity contribution in [3.05, 3.63) is 18.2 Å². The van der Waals surface area contributed by atoms with Crippen molar-refractivity contribution in [3.63, 3.8) is 0 Å². The highest BCUT2D eigenvalue weighted by Crippen LogP contribution is 2.24. The van der Waals surface area contributed by atoms with Gasteiger partial charge in [-0.25, -0.2) is 21.6 Å². The normalized spacial score (nSPS) is 12.6. The molecule has 0 saturated heterocycles. The Labute approximate surface area is 125 Å². The third-order valence-electron chi connectivity index (χ3n) is 2.84. The number of hydrazine groups is 1. The van der Waals surface area contributed by atoms with E-state index in [1.807, 2.05) is 13.8 Å². The van der Waals surface area contributed by atoms with Crippen LogP contribution < -0.4 is 16.0 Å². The predicted molar refractivity (Wildman–Crippen MR) is 82.0 cm³/mol. The van der Waals surface area contributed by atoms with Crippen LogP contribution in [0.4, 0.5) is 5.69 Å². The van der Waals surface area contributed by atoms with Crippen molar-refractivity contribution in [2.24, 2.45) is 11.8 Å². The summed E-state index contributed by atoms with van der Waals surface area (Å²) in [7, 11) is -7.34. The average Bonchev–Trinajstić information content (AvgIpc) is 2.36. The van der Waals surface area contributed by atoms with Crippen LogP contribution in [0.2, 0.25) is 0 Å². The predicted octanol–water partition coefficient (Wildman–Crippen LogP) is 0.700. The number of rotatable bonds is 7. The molecule has 0 heterocycles. The van der Waals surface area contributed by atoms with E-state index in [4.69, 9.17) is 5.84 Å². The van der Waals surface area contributed by atoms with Gasteiger partial charge in [0.25, 0.3) is 0 Å². The Balaban J connectivity index is 3.20. The second-order valence-corrected chi connectivity index (χ2v) is 8.91. The number of nitrogen functional groups attached to an aromatic ring is 1. The quantitative estimate of drug-likeness (QED) is 0.498. The number of benzene rings is 1. The van der Waals surface area contributed by atoms with Gasteiger partial charge < -0.3 is 5.43 Å². The van der Waals surface area contributed by atoms with Crippen LogP contribution in [0.5, 0.6) is 0 Å². The van der Waals surface area contributed by atoms with E-state index >= 15 is 0 Å². The summed E-state index contributed by atoms with van der Waals surface area (Å²) >= 11 is 0. The van der Waals surface area contributed by atoms with Gasteiger partial charge in [0.15, 0.2) is 9.84 Å². The number of sulfonamides is 1. The zero-order valence-electron chi connectivity index (χ0n) is 12.3. The monoisotopic (exact) mass is 335 g/mol. The summed E-state index contributed by atoms with van der Waals surface area (Å²) in [5.74, 6) is 5.64. The molecule has 21 heavy (non-hydrogen) atoms. The molecule has 0 aliphatic carbocycles.